The molecule has 0 unspecified atom stereocenters. The summed E-state index contributed by atoms with van der Waals surface area (Å²) >= 11 is 0. The quantitative estimate of drug-likeness (QED) is 0.884. The molecule has 2 aromatic rings. The number of anilines is 1. The van der Waals surface area contributed by atoms with Crippen LogP contribution in [0, 0.1) is 0 Å². The van der Waals surface area contributed by atoms with Crippen molar-refractivity contribution in [2.24, 2.45) is 0 Å². The van der Waals surface area contributed by atoms with E-state index in [-0.39, 0.29) is 5.69 Å². The van der Waals surface area contributed by atoms with Crippen molar-refractivity contribution in [3.8, 4) is 0 Å². The van der Waals surface area contributed by atoms with Gasteiger partial charge in [0.25, 0.3) is 0 Å². The molecule has 0 fully saturated rings. The number of carboxylic acid groups (broad SMARTS) is 1. The first kappa shape index (κ1) is 14.8. The van der Waals surface area contributed by atoms with Crippen molar-refractivity contribution in [3.63, 3.8) is 0 Å². The van der Waals surface area contributed by atoms with Crippen molar-refractivity contribution >= 4 is 11.7 Å². The fourth-order valence-electron chi connectivity index (χ4n) is 1.74. The molecular weight excluding hydrogens is 289 g/mol. The highest BCUT2D eigenvalue weighted by atomic mass is 19.4. The Labute approximate surface area is 117 Å². The topological polar surface area (TPSA) is 80.0 Å². The number of halogens is 3. The normalized spacial score (nSPS) is 11.4. The van der Waals surface area contributed by atoms with Gasteiger partial charge in [-0.25, -0.2) is 4.79 Å². The predicted molar refractivity (Wildman–Crippen MR) is 66.9 cm³/mol. The Hall–Kier alpha value is -2.58. The van der Waals surface area contributed by atoms with Crippen LogP contribution in [0.4, 0.5) is 18.9 Å². The summed E-state index contributed by atoms with van der Waals surface area (Å²) in [6.07, 6.45) is -1.61. The largest absolute Gasteiger partial charge is 0.478 e. The summed E-state index contributed by atoms with van der Waals surface area (Å²) in [5.41, 5.74) is -1.77. The molecule has 112 valence electrons. The standard InChI is InChI=1S/C12H11F3N4O2/c13-12(14,15)10-7-8(1-2-9(10)11(20)21)16-3-5-19-6-4-17-18-19/h1-2,4,6-7,16H,3,5H2,(H,20,21). The fourth-order valence-corrected chi connectivity index (χ4v) is 1.74. The van der Waals surface area contributed by atoms with Gasteiger partial charge < -0.3 is 10.4 Å². The summed E-state index contributed by atoms with van der Waals surface area (Å²) in [6, 6.07) is 3.01. The number of aromatic carboxylic acids is 1. The van der Waals surface area contributed by atoms with Crippen molar-refractivity contribution < 1.29 is 23.1 Å². The molecule has 6 nitrogen and oxygen atoms in total. The lowest BCUT2D eigenvalue weighted by atomic mass is 10.1. The molecule has 0 aliphatic carbocycles. The lowest BCUT2D eigenvalue weighted by molar-refractivity contribution is -0.138. The van der Waals surface area contributed by atoms with Crippen LogP contribution in [0.2, 0.25) is 0 Å². The molecule has 0 radical (unpaired) electrons. The van der Waals surface area contributed by atoms with Gasteiger partial charge in [0.2, 0.25) is 0 Å². The van der Waals surface area contributed by atoms with Crippen molar-refractivity contribution in [1.29, 1.82) is 0 Å². The molecule has 2 N–H and O–H groups in total. The van der Waals surface area contributed by atoms with Gasteiger partial charge in [0.1, 0.15) is 0 Å². The molecule has 0 aliphatic heterocycles. The van der Waals surface area contributed by atoms with Gasteiger partial charge in [-0.05, 0) is 18.2 Å². The van der Waals surface area contributed by atoms with E-state index in [4.69, 9.17) is 5.11 Å². The molecule has 1 aromatic carbocycles. The van der Waals surface area contributed by atoms with E-state index in [0.29, 0.717) is 13.1 Å². The van der Waals surface area contributed by atoms with Crippen LogP contribution < -0.4 is 5.32 Å². The Morgan fingerprint density at radius 3 is 2.71 bits per heavy atom. The third kappa shape index (κ3) is 3.71. The van der Waals surface area contributed by atoms with Gasteiger partial charge >= 0.3 is 12.1 Å². The van der Waals surface area contributed by atoms with Crippen LogP contribution in [0.3, 0.4) is 0 Å². The molecule has 1 aromatic heterocycles. The molecule has 0 bridgehead atoms. The number of benzene rings is 1. The third-order valence-corrected chi connectivity index (χ3v) is 2.70. The highest BCUT2D eigenvalue weighted by Crippen LogP contribution is 2.33. The number of alkyl halides is 3. The van der Waals surface area contributed by atoms with Crippen LogP contribution in [-0.4, -0.2) is 32.6 Å². The molecule has 0 amide bonds. The van der Waals surface area contributed by atoms with Crippen LogP contribution in [-0.2, 0) is 12.7 Å². The first-order valence-corrected chi connectivity index (χ1v) is 5.90. The number of carbonyl (C=O) groups is 1. The van der Waals surface area contributed by atoms with E-state index in [2.05, 4.69) is 15.6 Å². The zero-order valence-electron chi connectivity index (χ0n) is 10.6. The molecule has 0 saturated carbocycles. The molecule has 9 heteroatoms. The highest BCUT2D eigenvalue weighted by molar-refractivity contribution is 5.90. The SMILES string of the molecule is O=C(O)c1ccc(NCCn2ccnn2)cc1C(F)(F)F. The Kier molecular flexibility index (Phi) is 4.10. The van der Waals surface area contributed by atoms with Crippen LogP contribution in [0.1, 0.15) is 15.9 Å². The van der Waals surface area contributed by atoms with Crippen molar-refractivity contribution in [3.05, 3.63) is 41.7 Å². The van der Waals surface area contributed by atoms with E-state index in [1.165, 1.54) is 16.9 Å². The number of nitrogens with zero attached hydrogens (tertiary/aromatic N) is 3. The summed E-state index contributed by atoms with van der Waals surface area (Å²) in [6.45, 7) is 0.745. The summed E-state index contributed by atoms with van der Waals surface area (Å²) in [5, 5.41) is 18.9. The minimum Gasteiger partial charge on any atom is -0.478 e. The Bertz CT molecular complexity index is 626. The second-order valence-corrected chi connectivity index (χ2v) is 4.16. The van der Waals surface area contributed by atoms with Crippen molar-refractivity contribution in [1.82, 2.24) is 15.0 Å². The minimum absolute atomic E-state index is 0.187. The Morgan fingerprint density at radius 1 is 1.38 bits per heavy atom. The number of carboxylic acids is 1. The van der Waals surface area contributed by atoms with Crippen molar-refractivity contribution in [2.75, 3.05) is 11.9 Å². The number of aromatic nitrogens is 3. The molecule has 0 atom stereocenters. The maximum atomic E-state index is 12.8. The van der Waals surface area contributed by atoms with Gasteiger partial charge in [0.05, 0.1) is 23.9 Å². The Balaban J connectivity index is 2.12. The molecule has 2 rings (SSSR count). The van der Waals surface area contributed by atoms with Crippen LogP contribution in [0.25, 0.3) is 0 Å². The number of hydrogen-bond donors (Lipinski definition) is 2. The van der Waals surface area contributed by atoms with Gasteiger partial charge in [-0.15, -0.1) is 5.10 Å². The lowest BCUT2D eigenvalue weighted by Crippen LogP contribution is -2.15. The first-order valence-electron chi connectivity index (χ1n) is 5.90. The monoisotopic (exact) mass is 300 g/mol. The second kappa shape index (κ2) is 5.81. The zero-order valence-corrected chi connectivity index (χ0v) is 10.6. The van der Waals surface area contributed by atoms with E-state index in [0.717, 1.165) is 12.1 Å². The zero-order chi connectivity index (χ0) is 15.5. The van der Waals surface area contributed by atoms with Gasteiger partial charge in [-0.1, -0.05) is 5.21 Å². The van der Waals surface area contributed by atoms with Crippen molar-refractivity contribution in [2.45, 2.75) is 12.7 Å². The summed E-state index contributed by atoms with van der Waals surface area (Å²) in [5.74, 6) is -1.61. The van der Waals surface area contributed by atoms with E-state index < -0.39 is 23.3 Å². The smallest absolute Gasteiger partial charge is 0.417 e. The number of nitrogens with one attached hydrogen (secondary N) is 1. The number of hydrogen-bond acceptors (Lipinski definition) is 4. The van der Waals surface area contributed by atoms with E-state index in [9.17, 15) is 18.0 Å². The summed E-state index contributed by atoms with van der Waals surface area (Å²) < 4.78 is 40.0. The van der Waals surface area contributed by atoms with E-state index in [1.807, 2.05) is 0 Å². The predicted octanol–water partition coefficient (Wildman–Crippen LogP) is 2.11. The lowest BCUT2D eigenvalue weighted by Gasteiger charge is -2.13. The van der Waals surface area contributed by atoms with Crippen LogP contribution >= 0.6 is 0 Å². The average molecular weight is 300 g/mol. The molecule has 0 saturated heterocycles. The second-order valence-electron chi connectivity index (χ2n) is 4.16. The Morgan fingerprint density at radius 2 is 2.14 bits per heavy atom. The minimum atomic E-state index is -4.72. The van der Waals surface area contributed by atoms with Gasteiger partial charge in [0, 0.05) is 18.4 Å². The van der Waals surface area contributed by atoms with Gasteiger partial charge in [0.15, 0.2) is 0 Å². The molecular formula is C12H11F3N4O2. The molecule has 21 heavy (non-hydrogen) atoms. The van der Waals surface area contributed by atoms with E-state index in [1.54, 1.807) is 6.20 Å². The van der Waals surface area contributed by atoms with Crippen LogP contribution in [0.5, 0.6) is 0 Å². The highest BCUT2D eigenvalue weighted by Gasteiger charge is 2.35. The third-order valence-electron chi connectivity index (χ3n) is 2.70. The molecule has 0 spiro atoms. The summed E-state index contributed by atoms with van der Waals surface area (Å²) in [4.78, 5) is 10.8. The molecule has 0 aliphatic rings. The fraction of sp³-hybridized carbons (Fsp3) is 0.250. The van der Waals surface area contributed by atoms with Crippen LogP contribution in [0.15, 0.2) is 30.6 Å². The average Bonchev–Trinajstić information content (AvgIpc) is 2.90. The maximum Gasteiger partial charge on any atom is 0.417 e. The molecule has 1 heterocycles. The van der Waals surface area contributed by atoms with Gasteiger partial charge in [-0.3, -0.25) is 4.68 Å². The number of rotatable bonds is 5. The summed E-state index contributed by atoms with van der Waals surface area (Å²) in [7, 11) is 0. The first-order chi connectivity index (χ1) is 9.88. The van der Waals surface area contributed by atoms with Gasteiger partial charge in [-0.2, -0.15) is 13.2 Å². The maximum absolute atomic E-state index is 12.8. The van der Waals surface area contributed by atoms with E-state index >= 15 is 0 Å².